The average Bonchev–Trinajstić information content (AvgIpc) is 2.41. The molecule has 0 radical (unpaired) electrons. The number of ether oxygens (including phenoxy) is 1. The number of carbonyl (C=O) groups excluding carboxylic acids is 2. The van der Waals surface area contributed by atoms with Crippen LogP contribution in [0.2, 0.25) is 0 Å². The maximum atomic E-state index is 12.4. The number of hydrogen-bond acceptors (Lipinski definition) is 4. The van der Waals surface area contributed by atoms with Crippen molar-refractivity contribution in [1.82, 2.24) is 15.5 Å². The zero-order valence-corrected chi connectivity index (χ0v) is 14.0. The lowest BCUT2D eigenvalue weighted by molar-refractivity contribution is -0.127. The van der Waals surface area contributed by atoms with E-state index in [9.17, 15) is 18.4 Å². The fraction of sp³-hybridized carbons (Fsp3) is 0.867. The molecule has 8 heteroatoms. The summed E-state index contributed by atoms with van der Waals surface area (Å²) in [4.78, 5) is 25.1. The monoisotopic (exact) mass is 335 g/mol. The highest BCUT2D eigenvalue weighted by Crippen LogP contribution is 2.17. The first-order valence-electron chi connectivity index (χ1n) is 7.92. The molecule has 2 N–H and O–H groups in total. The summed E-state index contributed by atoms with van der Waals surface area (Å²) < 4.78 is 29.9. The second-order valence-corrected chi connectivity index (χ2v) is 6.71. The molecule has 0 bridgehead atoms. The first kappa shape index (κ1) is 19.6. The summed E-state index contributed by atoms with van der Waals surface area (Å²) >= 11 is 0. The van der Waals surface area contributed by atoms with Crippen molar-refractivity contribution in [3.05, 3.63) is 0 Å². The third-order valence-corrected chi connectivity index (χ3v) is 3.36. The van der Waals surface area contributed by atoms with E-state index in [0.717, 1.165) is 6.42 Å². The van der Waals surface area contributed by atoms with E-state index in [1.807, 2.05) is 0 Å². The van der Waals surface area contributed by atoms with Gasteiger partial charge in [-0.15, -0.1) is 0 Å². The van der Waals surface area contributed by atoms with Gasteiger partial charge in [0.25, 0.3) is 6.43 Å². The Labute approximate surface area is 135 Å². The lowest BCUT2D eigenvalue weighted by atomic mass is 9.97. The molecular formula is C15H27F2N3O3. The molecule has 1 atom stereocenters. The largest absolute Gasteiger partial charge is 0.444 e. The van der Waals surface area contributed by atoms with Crippen molar-refractivity contribution in [2.75, 3.05) is 32.7 Å². The number of likely N-dealkylation sites (tertiary alicyclic amines) is 1. The van der Waals surface area contributed by atoms with Crippen LogP contribution < -0.4 is 10.6 Å². The van der Waals surface area contributed by atoms with Gasteiger partial charge in [-0.05, 0) is 40.2 Å². The van der Waals surface area contributed by atoms with Gasteiger partial charge in [0.05, 0.1) is 12.5 Å². The van der Waals surface area contributed by atoms with Gasteiger partial charge in [-0.1, -0.05) is 0 Å². The molecule has 6 nitrogen and oxygen atoms in total. The van der Waals surface area contributed by atoms with Crippen LogP contribution in [0.1, 0.15) is 33.6 Å². The summed E-state index contributed by atoms with van der Waals surface area (Å²) in [5.74, 6) is -0.431. The Hall–Kier alpha value is -1.44. The predicted octanol–water partition coefficient (Wildman–Crippen LogP) is 1.60. The summed E-state index contributed by atoms with van der Waals surface area (Å²) in [6.07, 6.45) is -1.48. The Morgan fingerprint density at radius 2 is 1.91 bits per heavy atom. The molecule has 0 aromatic carbocycles. The van der Waals surface area contributed by atoms with Crippen molar-refractivity contribution >= 4 is 12.0 Å². The first-order chi connectivity index (χ1) is 10.7. The number of alkyl halides is 2. The van der Waals surface area contributed by atoms with Gasteiger partial charge in [-0.25, -0.2) is 13.6 Å². The maximum absolute atomic E-state index is 12.4. The molecule has 0 spiro atoms. The highest BCUT2D eigenvalue weighted by molar-refractivity contribution is 5.79. The highest BCUT2D eigenvalue weighted by atomic mass is 19.3. The van der Waals surface area contributed by atoms with Crippen LogP contribution in [0.15, 0.2) is 0 Å². The number of nitrogens with zero attached hydrogens (tertiary/aromatic N) is 1. The molecule has 23 heavy (non-hydrogen) atoms. The standard InChI is InChI=1S/C15H27F2N3O3/c1-15(2,3)23-14(22)19-7-6-18-13(21)11-5-4-8-20(9-11)10-12(16)17/h11-12H,4-10H2,1-3H3,(H,18,21)(H,19,22). The molecular weight excluding hydrogens is 308 g/mol. The quantitative estimate of drug-likeness (QED) is 0.724. The maximum Gasteiger partial charge on any atom is 0.407 e. The normalized spacial score (nSPS) is 19.5. The van der Waals surface area contributed by atoms with E-state index in [1.165, 1.54) is 0 Å². The zero-order chi connectivity index (χ0) is 17.5. The molecule has 1 unspecified atom stereocenters. The molecule has 0 saturated carbocycles. The number of hydrogen-bond donors (Lipinski definition) is 2. The van der Waals surface area contributed by atoms with Gasteiger partial charge >= 0.3 is 6.09 Å². The van der Waals surface area contributed by atoms with Crippen molar-refractivity contribution in [2.45, 2.75) is 45.6 Å². The number of carbonyl (C=O) groups is 2. The fourth-order valence-corrected chi connectivity index (χ4v) is 2.44. The molecule has 0 aromatic rings. The van der Waals surface area contributed by atoms with Crippen LogP contribution in [0.25, 0.3) is 0 Å². The molecule has 1 saturated heterocycles. The molecule has 134 valence electrons. The first-order valence-corrected chi connectivity index (χ1v) is 7.92. The van der Waals surface area contributed by atoms with E-state index in [1.54, 1.807) is 25.7 Å². The van der Waals surface area contributed by atoms with Gasteiger partial charge in [-0.2, -0.15) is 0 Å². The van der Waals surface area contributed by atoms with E-state index >= 15 is 0 Å². The Bertz CT molecular complexity index is 400. The summed E-state index contributed by atoms with van der Waals surface area (Å²) in [5.41, 5.74) is -0.566. The summed E-state index contributed by atoms with van der Waals surface area (Å²) in [7, 11) is 0. The minimum absolute atomic E-state index is 0.157. The molecule has 0 aliphatic carbocycles. The number of nitrogens with one attached hydrogen (secondary N) is 2. The highest BCUT2D eigenvalue weighted by Gasteiger charge is 2.26. The van der Waals surface area contributed by atoms with Crippen molar-refractivity contribution < 1.29 is 23.1 Å². The predicted molar refractivity (Wildman–Crippen MR) is 82.4 cm³/mol. The van der Waals surface area contributed by atoms with E-state index in [-0.39, 0.29) is 31.5 Å². The Morgan fingerprint density at radius 3 is 2.52 bits per heavy atom. The summed E-state index contributed by atoms with van der Waals surface area (Å²) in [5, 5.41) is 5.27. The second kappa shape index (κ2) is 9.00. The third kappa shape index (κ3) is 8.68. The topological polar surface area (TPSA) is 70.7 Å². The zero-order valence-electron chi connectivity index (χ0n) is 14.0. The van der Waals surface area contributed by atoms with Crippen LogP contribution in [-0.4, -0.2) is 61.7 Å². The number of amides is 2. The molecule has 1 aliphatic rings. The Kier molecular flexibility index (Phi) is 7.67. The van der Waals surface area contributed by atoms with Crippen molar-refractivity contribution in [1.29, 1.82) is 0 Å². The van der Waals surface area contributed by atoms with E-state index in [0.29, 0.717) is 19.5 Å². The minimum Gasteiger partial charge on any atom is -0.444 e. The van der Waals surface area contributed by atoms with E-state index in [4.69, 9.17) is 4.74 Å². The van der Waals surface area contributed by atoms with Gasteiger partial charge in [0, 0.05) is 19.6 Å². The number of piperidine rings is 1. The molecule has 0 aromatic heterocycles. The van der Waals surface area contributed by atoms with Crippen LogP contribution in [0.5, 0.6) is 0 Å². The fourth-order valence-electron chi connectivity index (χ4n) is 2.44. The minimum atomic E-state index is -2.38. The average molecular weight is 335 g/mol. The van der Waals surface area contributed by atoms with E-state index in [2.05, 4.69) is 10.6 Å². The van der Waals surface area contributed by atoms with Gasteiger partial charge in [0.2, 0.25) is 5.91 Å². The van der Waals surface area contributed by atoms with Gasteiger partial charge < -0.3 is 15.4 Å². The summed E-state index contributed by atoms with van der Waals surface area (Å²) in [6.45, 7) is 6.51. The van der Waals surface area contributed by atoms with Crippen LogP contribution in [0, 0.1) is 5.92 Å². The van der Waals surface area contributed by atoms with Crippen molar-refractivity contribution in [3.63, 3.8) is 0 Å². The van der Waals surface area contributed by atoms with Crippen LogP contribution >= 0.6 is 0 Å². The molecule has 1 aliphatic heterocycles. The third-order valence-electron chi connectivity index (χ3n) is 3.36. The van der Waals surface area contributed by atoms with Crippen molar-refractivity contribution in [2.24, 2.45) is 5.92 Å². The van der Waals surface area contributed by atoms with Gasteiger partial charge in [0.15, 0.2) is 0 Å². The summed E-state index contributed by atoms with van der Waals surface area (Å²) in [6, 6.07) is 0. The molecule has 1 fully saturated rings. The van der Waals surface area contributed by atoms with E-state index < -0.39 is 18.1 Å². The Balaban J connectivity index is 2.22. The lowest BCUT2D eigenvalue weighted by Gasteiger charge is -2.31. The number of alkyl carbamates (subject to hydrolysis) is 1. The lowest BCUT2D eigenvalue weighted by Crippen LogP contribution is -2.46. The second-order valence-electron chi connectivity index (χ2n) is 6.71. The number of halogens is 2. The molecule has 1 rings (SSSR count). The molecule has 2 amide bonds. The SMILES string of the molecule is CC(C)(C)OC(=O)NCCNC(=O)C1CCCN(CC(F)F)C1. The number of rotatable bonds is 6. The van der Waals surface area contributed by atoms with Crippen molar-refractivity contribution in [3.8, 4) is 0 Å². The smallest absolute Gasteiger partial charge is 0.407 e. The van der Waals surface area contributed by atoms with Crippen LogP contribution in [-0.2, 0) is 9.53 Å². The van der Waals surface area contributed by atoms with Crippen LogP contribution in [0.4, 0.5) is 13.6 Å². The Morgan fingerprint density at radius 1 is 1.26 bits per heavy atom. The van der Waals surface area contributed by atoms with Gasteiger partial charge in [-0.3, -0.25) is 9.69 Å². The van der Waals surface area contributed by atoms with Gasteiger partial charge in [0.1, 0.15) is 5.60 Å². The van der Waals surface area contributed by atoms with Crippen LogP contribution in [0.3, 0.4) is 0 Å². The molecule has 1 heterocycles.